The van der Waals surface area contributed by atoms with Crippen LogP contribution in [-0.4, -0.2) is 33.2 Å². The average molecular weight is 505 g/mol. The molecule has 9 nitrogen and oxygen atoms in total. The van der Waals surface area contributed by atoms with Crippen LogP contribution in [0.15, 0.2) is 28.9 Å². The number of halogens is 6. The molecule has 1 unspecified atom stereocenters. The van der Waals surface area contributed by atoms with E-state index in [-0.39, 0.29) is 39.1 Å². The van der Waals surface area contributed by atoms with Crippen molar-refractivity contribution in [3.63, 3.8) is 0 Å². The van der Waals surface area contributed by atoms with Gasteiger partial charge in [0.25, 0.3) is 0 Å². The van der Waals surface area contributed by atoms with Gasteiger partial charge in [0, 0.05) is 23.7 Å². The Labute approximate surface area is 192 Å². The Morgan fingerprint density at radius 1 is 1.12 bits per heavy atom. The van der Waals surface area contributed by atoms with Gasteiger partial charge in [-0.1, -0.05) is 16.8 Å². The Kier molecular flexibility index (Phi) is 7.00. The van der Waals surface area contributed by atoms with Crippen LogP contribution in [0, 0.1) is 18.6 Å². The molecule has 0 bridgehead atoms. The lowest BCUT2D eigenvalue weighted by Crippen LogP contribution is -2.51. The van der Waals surface area contributed by atoms with E-state index in [1.165, 1.54) is 31.5 Å². The van der Waals surface area contributed by atoms with E-state index in [1.807, 2.05) is 0 Å². The molecule has 3 aromatic rings. The minimum absolute atomic E-state index is 0.00793. The largest absolute Gasteiger partial charge is 0.472 e. The van der Waals surface area contributed by atoms with E-state index in [1.54, 1.807) is 0 Å². The molecule has 3 amide bonds. The summed E-state index contributed by atoms with van der Waals surface area (Å²) in [5.41, 5.74) is 2.44. The number of pyridine rings is 1. The lowest BCUT2D eigenvalue weighted by atomic mass is 9.99. The number of hydrogen-bond donors (Lipinski definition) is 3. The van der Waals surface area contributed by atoms with Gasteiger partial charge in [-0.15, -0.1) is 0 Å². The summed E-state index contributed by atoms with van der Waals surface area (Å²) in [6.45, 7) is 2.79. The molecule has 34 heavy (non-hydrogen) atoms. The van der Waals surface area contributed by atoms with Crippen molar-refractivity contribution in [2.75, 3.05) is 0 Å². The van der Waals surface area contributed by atoms with Gasteiger partial charge in [-0.25, -0.2) is 19.0 Å². The van der Waals surface area contributed by atoms with Crippen LogP contribution in [0.25, 0.3) is 22.5 Å². The number of benzene rings is 1. The Morgan fingerprint density at radius 2 is 1.82 bits per heavy atom. The van der Waals surface area contributed by atoms with E-state index < -0.39 is 35.8 Å². The fourth-order valence-corrected chi connectivity index (χ4v) is 3.03. The molecule has 0 aliphatic carbocycles. The van der Waals surface area contributed by atoms with E-state index in [9.17, 15) is 31.5 Å². The number of nitrogens with zero attached hydrogens (tertiary/aromatic N) is 3. The molecule has 3 rings (SSSR count). The topological polar surface area (TPSA) is 122 Å². The Hall–Kier alpha value is -3.81. The van der Waals surface area contributed by atoms with Crippen molar-refractivity contribution in [1.82, 2.24) is 31.3 Å². The van der Waals surface area contributed by atoms with Crippen LogP contribution in [0.4, 0.5) is 26.7 Å². The summed E-state index contributed by atoms with van der Waals surface area (Å²) >= 11 is 5.95. The standard InChI is InChI=1S/C19H14ClF5N6O3/c1-7(27-18(33)30-29-17(32)19(23,24)25)15-13(22)3-9(6-26-15)11-4-10(20)5-12(21)14(11)16-28-8(2)34-31-16/h3-7H,1-2H3,(H,29,32)(H2,27,30,33). The number of rotatable bonds is 4. The molecule has 2 aromatic heterocycles. The van der Waals surface area contributed by atoms with Gasteiger partial charge in [0.05, 0.1) is 17.3 Å². The zero-order valence-electron chi connectivity index (χ0n) is 17.2. The first-order valence-corrected chi connectivity index (χ1v) is 9.63. The van der Waals surface area contributed by atoms with Crippen molar-refractivity contribution in [2.45, 2.75) is 26.1 Å². The molecule has 2 heterocycles. The molecule has 0 radical (unpaired) electrons. The molecule has 3 N–H and O–H groups in total. The van der Waals surface area contributed by atoms with E-state index in [2.05, 4.69) is 20.4 Å². The number of urea groups is 1. The number of aromatic nitrogens is 3. The number of carbonyl (C=O) groups is 2. The third-order valence-electron chi connectivity index (χ3n) is 4.29. The van der Waals surface area contributed by atoms with Crippen molar-refractivity contribution >= 4 is 23.5 Å². The average Bonchev–Trinajstić information content (AvgIpc) is 3.16. The Bertz CT molecular complexity index is 1250. The molecule has 0 spiro atoms. The first kappa shape index (κ1) is 24.8. The number of alkyl halides is 3. The van der Waals surface area contributed by atoms with Crippen LogP contribution >= 0.6 is 11.6 Å². The number of amides is 3. The van der Waals surface area contributed by atoms with Gasteiger partial charge in [-0.05, 0) is 30.7 Å². The fourth-order valence-electron chi connectivity index (χ4n) is 2.83. The maximum atomic E-state index is 14.8. The lowest BCUT2D eigenvalue weighted by Gasteiger charge is -2.16. The summed E-state index contributed by atoms with van der Waals surface area (Å²) in [5.74, 6) is -4.05. The highest BCUT2D eigenvalue weighted by molar-refractivity contribution is 6.31. The lowest BCUT2D eigenvalue weighted by molar-refractivity contribution is -0.174. The fraction of sp³-hybridized carbons (Fsp3) is 0.211. The number of aryl methyl sites for hydroxylation is 1. The Balaban J connectivity index is 1.83. The molecule has 0 aliphatic heterocycles. The molecule has 15 heteroatoms. The highest BCUT2D eigenvalue weighted by atomic mass is 35.5. The van der Waals surface area contributed by atoms with E-state index in [4.69, 9.17) is 16.1 Å². The highest BCUT2D eigenvalue weighted by Gasteiger charge is 2.39. The maximum Gasteiger partial charge on any atom is 0.472 e. The van der Waals surface area contributed by atoms with Gasteiger partial charge >= 0.3 is 18.1 Å². The summed E-state index contributed by atoms with van der Waals surface area (Å²) in [6.07, 6.45) is -4.04. The molecule has 0 saturated heterocycles. The van der Waals surface area contributed by atoms with Gasteiger partial charge in [0.1, 0.15) is 11.6 Å². The van der Waals surface area contributed by atoms with Gasteiger partial charge in [-0.3, -0.25) is 15.2 Å². The van der Waals surface area contributed by atoms with Gasteiger partial charge in [0.2, 0.25) is 11.7 Å². The van der Waals surface area contributed by atoms with Crippen LogP contribution < -0.4 is 16.2 Å². The van der Waals surface area contributed by atoms with Crippen LogP contribution in [0.2, 0.25) is 5.02 Å². The molecule has 0 aliphatic rings. The normalized spacial score (nSPS) is 12.2. The SMILES string of the molecule is Cc1nc(-c2c(F)cc(Cl)cc2-c2cnc(C(C)NC(=O)NNC(=O)C(F)(F)F)c(F)c2)no1. The number of nitrogens with one attached hydrogen (secondary N) is 3. The Morgan fingerprint density at radius 3 is 2.41 bits per heavy atom. The van der Waals surface area contributed by atoms with Gasteiger partial charge in [0.15, 0.2) is 0 Å². The predicted molar refractivity (Wildman–Crippen MR) is 107 cm³/mol. The summed E-state index contributed by atoms with van der Waals surface area (Å²) in [7, 11) is 0. The molecular weight excluding hydrogens is 491 g/mol. The number of carbonyl (C=O) groups excluding carboxylic acids is 2. The van der Waals surface area contributed by atoms with E-state index in [0.29, 0.717) is 0 Å². The quantitative estimate of drug-likeness (QED) is 0.365. The summed E-state index contributed by atoms with van der Waals surface area (Å²) in [6, 6.07) is 0.979. The van der Waals surface area contributed by atoms with Crippen molar-refractivity contribution in [1.29, 1.82) is 0 Å². The van der Waals surface area contributed by atoms with E-state index >= 15 is 0 Å². The monoisotopic (exact) mass is 504 g/mol. The minimum atomic E-state index is -5.21. The molecule has 0 fully saturated rings. The zero-order chi connectivity index (χ0) is 25.2. The first-order chi connectivity index (χ1) is 15.9. The summed E-state index contributed by atoms with van der Waals surface area (Å²) in [4.78, 5) is 30.3. The molecular formula is C19H14ClF5N6O3. The highest BCUT2D eigenvalue weighted by Crippen LogP contribution is 2.36. The molecule has 1 atom stereocenters. The van der Waals surface area contributed by atoms with Crippen molar-refractivity contribution in [2.24, 2.45) is 0 Å². The summed E-state index contributed by atoms with van der Waals surface area (Å²) in [5, 5.41) is 5.79. The smallest absolute Gasteiger partial charge is 0.339 e. The van der Waals surface area contributed by atoms with Crippen molar-refractivity contribution in [3.05, 3.63) is 52.6 Å². The molecule has 180 valence electrons. The van der Waals surface area contributed by atoms with Crippen LogP contribution in [0.3, 0.4) is 0 Å². The van der Waals surface area contributed by atoms with Crippen molar-refractivity contribution < 1.29 is 36.1 Å². The number of hydrazine groups is 1. The third-order valence-corrected chi connectivity index (χ3v) is 4.51. The summed E-state index contributed by atoms with van der Waals surface area (Å²) < 4.78 is 70.8. The second-order valence-corrected chi connectivity index (χ2v) is 7.25. The van der Waals surface area contributed by atoms with Crippen LogP contribution in [0.5, 0.6) is 0 Å². The molecule has 1 aromatic carbocycles. The number of hydrogen-bond acceptors (Lipinski definition) is 6. The van der Waals surface area contributed by atoms with Crippen LogP contribution in [-0.2, 0) is 4.79 Å². The van der Waals surface area contributed by atoms with Gasteiger partial charge < -0.3 is 9.84 Å². The third kappa shape index (κ3) is 5.57. The zero-order valence-corrected chi connectivity index (χ0v) is 18.0. The van der Waals surface area contributed by atoms with E-state index in [0.717, 1.165) is 17.6 Å². The van der Waals surface area contributed by atoms with Crippen LogP contribution in [0.1, 0.15) is 24.6 Å². The van der Waals surface area contributed by atoms with Crippen molar-refractivity contribution in [3.8, 4) is 22.5 Å². The maximum absolute atomic E-state index is 14.8. The second-order valence-electron chi connectivity index (χ2n) is 6.81. The first-order valence-electron chi connectivity index (χ1n) is 9.26. The van der Waals surface area contributed by atoms with Gasteiger partial charge in [-0.2, -0.15) is 18.2 Å². The predicted octanol–water partition coefficient (Wildman–Crippen LogP) is 3.99. The minimum Gasteiger partial charge on any atom is -0.339 e. The second kappa shape index (κ2) is 9.59. The molecule has 0 saturated carbocycles.